The van der Waals surface area contributed by atoms with E-state index in [9.17, 15) is 24.5 Å². The first-order valence-corrected chi connectivity index (χ1v) is 11.9. The first-order valence-electron chi connectivity index (χ1n) is 11.9. The van der Waals surface area contributed by atoms with E-state index in [0.717, 1.165) is 0 Å². The molecular weight excluding hydrogens is 494 g/mol. The zero-order chi connectivity index (χ0) is 27.8. The molecule has 1 amide bonds. The van der Waals surface area contributed by atoms with Gasteiger partial charge in [0, 0.05) is 35.6 Å². The van der Waals surface area contributed by atoms with Gasteiger partial charge in [-0.15, -0.1) is 0 Å². The van der Waals surface area contributed by atoms with Crippen molar-refractivity contribution in [3.8, 4) is 5.75 Å². The van der Waals surface area contributed by atoms with Crippen LogP contribution >= 0.6 is 0 Å². The molecule has 0 spiro atoms. The Labute approximate surface area is 219 Å². The largest absolute Gasteiger partial charge is 0.490 e. The molecule has 0 radical (unpaired) electrons. The van der Waals surface area contributed by atoms with Crippen LogP contribution in [0.1, 0.15) is 39.2 Å². The summed E-state index contributed by atoms with van der Waals surface area (Å²) in [5.74, 6) is -2.21. The van der Waals surface area contributed by atoms with Crippen LogP contribution < -0.4 is 15.4 Å². The number of amides is 1. The zero-order valence-corrected chi connectivity index (χ0v) is 21.5. The fraction of sp³-hybridized carbons (Fsp3) is 0.296. The van der Waals surface area contributed by atoms with E-state index in [4.69, 9.17) is 14.2 Å². The third kappa shape index (κ3) is 6.55. The standard InChI is InChI=1S/C27H29N3O8/c1-5-36-26(32)23-16(2)28-17(3)24(25(23)21-8-6-7-9-22(21)30(34)35)27(33)38-15-14-37-20-12-10-19(11-13-20)29-18(4)31/h6-13,25,28H,5,14-15H2,1-4H3,(H,29,31). The van der Waals surface area contributed by atoms with Crippen LogP contribution in [0.3, 0.4) is 0 Å². The Morgan fingerprint density at radius 1 is 0.947 bits per heavy atom. The molecule has 1 heterocycles. The summed E-state index contributed by atoms with van der Waals surface area (Å²) < 4.78 is 16.3. The molecule has 2 aromatic rings. The lowest BCUT2D eigenvalue weighted by Crippen LogP contribution is -2.33. The number of anilines is 1. The molecule has 1 atom stereocenters. The van der Waals surface area contributed by atoms with Crippen LogP contribution in [-0.4, -0.2) is 42.6 Å². The van der Waals surface area contributed by atoms with Crippen LogP contribution in [0.4, 0.5) is 11.4 Å². The van der Waals surface area contributed by atoms with Gasteiger partial charge in [-0.2, -0.15) is 0 Å². The number of nitro benzene ring substituents is 1. The Morgan fingerprint density at radius 2 is 1.55 bits per heavy atom. The molecule has 1 aliphatic heterocycles. The van der Waals surface area contributed by atoms with Crippen LogP contribution in [0.5, 0.6) is 5.75 Å². The van der Waals surface area contributed by atoms with Crippen LogP contribution in [0.2, 0.25) is 0 Å². The highest BCUT2D eigenvalue weighted by atomic mass is 16.6. The molecular formula is C27H29N3O8. The Kier molecular flexibility index (Phi) is 9.20. The number of nitrogens with one attached hydrogen (secondary N) is 2. The molecule has 0 saturated carbocycles. The van der Waals surface area contributed by atoms with Crippen LogP contribution in [-0.2, 0) is 23.9 Å². The van der Waals surface area contributed by atoms with Gasteiger partial charge < -0.3 is 24.8 Å². The maximum absolute atomic E-state index is 13.3. The number of dihydropyridines is 1. The van der Waals surface area contributed by atoms with Crippen LogP contribution in [0, 0.1) is 10.1 Å². The maximum Gasteiger partial charge on any atom is 0.336 e. The normalized spacial score (nSPS) is 14.9. The van der Waals surface area contributed by atoms with Crippen molar-refractivity contribution in [1.29, 1.82) is 0 Å². The number of rotatable bonds is 10. The van der Waals surface area contributed by atoms with Gasteiger partial charge in [0.1, 0.15) is 19.0 Å². The second kappa shape index (κ2) is 12.5. The van der Waals surface area contributed by atoms with E-state index in [-0.39, 0.29) is 48.1 Å². The van der Waals surface area contributed by atoms with Gasteiger partial charge in [0.15, 0.2) is 0 Å². The Hall–Kier alpha value is -4.67. The monoisotopic (exact) mass is 523 g/mol. The van der Waals surface area contributed by atoms with E-state index < -0.39 is 22.8 Å². The van der Waals surface area contributed by atoms with Gasteiger partial charge in [-0.05, 0) is 45.0 Å². The number of nitro groups is 1. The highest BCUT2D eigenvalue weighted by molar-refractivity contribution is 6.00. The molecule has 200 valence electrons. The van der Waals surface area contributed by atoms with Crippen molar-refractivity contribution < 1.29 is 33.5 Å². The number of benzene rings is 2. The molecule has 0 saturated heterocycles. The molecule has 0 aliphatic carbocycles. The lowest BCUT2D eigenvalue weighted by atomic mass is 9.79. The second-order valence-corrected chi connectivity index (χ2v) is 8.36. The average Bonchev–Trinajstić information content (AvgIpc) is 2.86. The summed E-state index contributed by atoms with van der Waals surface area (Å²) in [6.45, 7) is 6.33. The Bertz CT molecular complexity index is 1300. The SMILES string of the molecule is CCOC(=O)C1=C(C)NC(C)=C(C(=O)OCCOc2ccc(NC(C)=O)cc2)C1c1ccccc1[N+](=O)[O-]. The summed E-state index contributed by atoms with van der Waals surface area (Å²) in [6.07, 6.45) is 0. The van der Waals surface area contributed by atoms with Crippen molar-refractivity contribution in [2.45, 2.75) is 33.6 Å². The molecule has 11 nitrogen and oxygen atoms in total. The van der Waals surface area contributed by atoms with Crippen LogP contribution in [0.15, 0.2) is 71.1 Å². The maximum atomic E-state index is 13.3. The fourth-order valence-electron chi connectivity index (χ4n) is 4.16. The molecule has 0 aromatic heterocycles. The zero-order valence-electron chi connectivity index (χ0n) is 21.5. The minimum atomic E-state index is -1.08. The summed E-state index contributed by atoms with van der Waals surface area (Å²) in [7, 11) is 0. The predicted octanol–water partition coefficient (Wildman–Crippen LogP) is 3.97. The number of hydrogen-bond donors (Lipinski definition) is 2. The van der Waals surface area contributed by atoms with E-state index in [0.29, 0.717) is 22.8 Å². The van der Waals surface area contributed by atoms with Gasteiger partial charge in [-0.1, -0.05) is 18.2 Å². The number of carbonyl (C=O) groups excluding carboxylic acids is 3. The minimum Gasteiger partial charge on any atom is -0.490 e. The molecule has 38 heavy (non-hydrogen) atoms. The molecule has 2 N–H and O–H groups in total. The third-order valence-corrected chi connectivity index (χ3v) is 5.68. The molecule has 2 aromatic carbocycles. The van der Waals surface area contributed by atoms with E-state index in [1.807, 2.05) is 0 Å². The Balaban J connectivity index is 1.82. The third-order valence-electron chi connectivity index (χ3n) is 5.68. The van der Waals surface area contributed by atoms with Crippen molar-refractivity contribution in [3.63, 3.8) is 0 Å². The van der Waals surface area contributed by atoms with E-state index in [1.165, 1.54) is 25.1 Å². The summed E-state index contributed by atoms with van der Waals surface area (Å²) in [5, 5.41) is 17.5. The second-order valence-electron chi connectivity index (χ2n) is 8.36. The summed E-state index contributed by atoms with van der Waals surface area (Å²) >= 11 is 0. The number of carbonyl (C=O) groups is 3. The summed E-state index contributed by atoms with van der Waals surface area (Å²) in [4.78, 5) is 48.6. The quantitative estimate of drug-likeness (QED) is 0.204. The summed E-state index contributed by atoms with van der Waals surface area (Å²) in [6, 6.07) is 12.6. The van der Waals surface area contributed by atoms with E-state index in [2.05, 4.69) is 10.6 Å². The molecule has 0 bridgehead atoms. The average molecular weight is 524 g/mol. The Morgan fingerprint density at radius 3 is 2.13 bits per heavy atom. The number of para-hydroxylation sites is 1. The van der Waals surface area contributed by atoms with Crippen molar-refractivity contribution in [1.82, 2.24) is 5.32 Å². The highest BCUT2D eigenvalue weighted by Crippen LogP contribution is 2.42. The van der Waals surface area contributed by atoms with Crippen molar-refractivity contribution in [3.05, 3.63) is 86.7 Å². The molecule has 1 unspecified atom stereocenters. The highest BCUT2D eigenvalue weighted by Gasteiger charge is 2.40. The smallest absolute Gasteiger partial charge is 0.336 e. The van der Waals surface area contributed by atoms with Gasteiger partial charge in [0.2, 0.25) is 5.91 Å². The summed E-state index contributed by atoms with van der Waals surface area (Å²) in [5.41, 5.74) is 1.53. The number of esters is 2. The van der Waals surface area contributed by atoms with Gasteiger partial charge in [0.05, 0.1) is 28.6 Å². The fourth-order valence-corrected chi connectivity index (χ4v) is 4.16. The first-order chi connectivity index (χ1) is 18.1. The number of ether oxygens (including phenoxy) is 3. The molecule has 11 heteroatoms. The van der Waals surface area contributed by atoms with Crippen molar-refractivity contribution in [2.75, 3.05) is 25.1 Å². The van der Waals surface area contributed by atoms with Crippen molar-refractivity contribution in [2.24, 2.45) is 0 Å². The van der Waals surface area contributed by atoms with Crippen LogP contribution in [0.25, 0.3) is 0 Å². The topological polar surface area (TPSA) is 146 Å². The lowest BCUT2D eigenvalue weighted by Gasteiger charge is -2.30. The van der Waals surface area contributed by atoms with Gasteiger partial charge >= 0.3 is 11.9 Å². The first kappa shape index (κ1) is 27.9. The van der Waals surface area contributed by atoms with Gasteiger partial charge in [0.25, 0.3) is 5.69 Å². The van der Waals surface area contributed by atoms with Gasteiger partial charge in [-0.3, -0.25) is 14.9 Å². The predicted molar refractivity (Wildman–Crippen MR) is 138 cm³/mol. The number of hydrogen-bond acceptors (Lipinski definition) is 9. The lowest BCUT2D eigenvalue weighted by molar-refractivity contribution is -0.385. The van der Waals surface area contributed by atoms with E-state index in [1.54, 1.807) is 51.1 Å². The minimum absolute atomic E-state index is 0.0285. The van der Waals surface area contributed by atoms with Gasteiger partial charge in [-0.25, -0.2) is 9.59 Å². The molecule has 3 rings (SSSR count). The molecule has 1 aliphatic rings. The van der Waals surface area contributed by atoms with E-state index >= 15 is 0 Å². The molecule has 0 fully saturated rings. The number of allylic oxidation sites excluding steroid dienone is 2. The van der Waals surface area contributed by atoms with Crippen molar-refractivity contribution >= 4 is 29.2 Å². The number of nitrogens with zero attached hydrogens (tertiary/aromatic N) is 1.